The molecular weight excluding hydrogens is 422 g/mol. The molecule has 0 aliphatic rings. The molecule has 0 unspecified atom stereocenters. The van der Waals surface area contributed by atoms with Crippen molar-refractivity contribution in [2.24, 2.45) is 0 Å². The lowest BCUT2D eigenvalue weighted by atomic mass is 10.1. The number of hydrogen-bond acceptors (Lipinski definition) is 3. The highest BCUT2D eigenvalue weighted by atomic mass is 35.5. The Labute approximate surface area is 192 Å². The summed E-state index contributed by atoms with van der Waals surface area (Å²) in [5, 5.41) is 7.29. The zero-order valence-electron chi connectivity index (χ0n) is 18.2. The van der Waals surface area contributed by atoms with Crippen molar-refractivity contribution in [3.8, 4) is 17.0 Å². The first-order valence-electron chi connectivity index (χ1n) is 10.4. The van der Waals surface area contributed by atoms with E-state index in [1.807, 2.05) is 81.4 Å². The third-order valence-electron chi connectivity index (χ3n) is 4.95. The van der Waals surface area contributed by atoms with Gasteiger partial charge < -0.3 is 15.4 Å². The van der Waals surface area contributed by atoms with Gasteiger partial charge in [0.1, 0.15) is 5.75 Å². The molecule has 32 heavy (non-hydrogen) atoms. The van der Waals surface area contributed by atoms with Crippen molar-refractivity contribution >= 4 is 39.9 Å². The molecule has 6 heteroatoms. The van der Waals surface area contributed by atoms with Crippen LogP contribution in [0, 0.1) is 13.8 Å². The van der Waals surface area contributed by atoms with Crippen LogP contribution in [0.5, 0.6) is 5.75 Å². The second-order valence-corrected chi connectivity index (χ2v) is 8.07. The summed E-state index contributed by atoms with van der Waals surface area (Å²) in [6.45, 7) is 6.46. The molecule has 4 aromatic rings. The van der Waals surface area contributed by atoms with Crippen LogP contribution in [0.2, 0.25) is 5.02 Å². The van der Waals surface area contributed by atoms with Crippen molar-refractivity contribution in [1.29, 1.82) is 0 Å². The summed E-state index contributed by atoms with van der Waals surface area (Å²) >= 11 is 6.02. The molecule has 4 rings (SSSR count). The molecule has 1 heterocycles. The van der Waals surface area contributed by atoms with Crippen molar-refractivity contribution in [3.05, 3.63) is 82.9 Å². The standard InChI is InChI=1S/C26H24ClN3O2/c1-4-32-25-15-24(18-5-7-19(27)8-6-18)30-23-10-9-20(14-22(23)25)28-26(31)29-21-12-16(2)11-17(3)13-21/h5-15H,4H2,1-3H3,(H2,28,29,31). The number of pyridine rings is 1. The summed E-state index contributed by atoms with van der Waals surface area (Å²) < 4.78 is 5.89. The third-order valence-corrected chi connectivity index (χ3v) is 5.20. The Balaban J connectivity index is 1.62. The lowest BCUT2D eigenvalue weighted by Gasteiger charge is -2.13. The minimum Gasteiger partial charge on any atom is -0.493 e. The Morgan fingerprint density at radius 1 is 0.906 bits per heavy atom. The summed E-state index contributed by atoms with van der Waals surface area (Å²) in [6.07, 6.45) is 0. The fourth-order valence-electron chi connectivity index (χ4n) is 3.66. The molecule has 0 atom stereocenters. The number of aromatic nitrogens is 1. The van der Waals surface area contributed by atoms with Crippen LogP contribution in [0.1, 0.15) is 18.1 Å². The fourth-order valence-corrected chi connectivity index (χ4v) is 3.78. The molecule has 0 saturated heterocycles. The molecule has 0 radical (unpaired) electrons. The summed E-state index contributed by atoms with van der Waals surface area (Å²) in [6, 6.07) is 20.7. The van der Waals surface area contributed by atoms with E-state index in [4.69, 9.17) is 21.3 Å². The highest BCUT2D eigenvalue weighted by molar-refractivity contribution is 6.30. The summed E-state index contributed by atoms with van der Waals surface area (Å²) in [5.74, 6) is 0.709. The minimum atomic E-state index is -0.307. The number of anilines is 2. The molecule has 3 aromatic carbocycles. The smallest absolute Gasteiger partial charge is 0.323 e. The van der Waals surface area contributed by atoms with Gasteiger partial charge in [-0.25, -0.2) is 9.78 Å². The third kappa shape index (κ3) is 5.01. The summed E-state index contributed by atoms with van der Waals surface area (Å²) in [5.41, 5.74) is 6.12. The van der Waals surface area contributed by atoms with Gasteiger partial charge in [0, 0.05) is 33.4 Å². The first-order chi connectivity index (χ1) is 15.4. The average molecular weight is 446 g/mol. The van der Waals surface area contributed by atoms with E-state index < -0.39 is 0 Å². The van der Waals surface area contributed by atoms with Crippen LogP contribution in [0.25, 0.3) is 22.2 Å². The molecule has 5 nitrogen and oxygen atoms in total. The van der Waals surface area contributed by atoms with Crippen LogP contribution in [0.4, 0.5) is 16.2 Å². The maximum absolute atomic E-state index is 12.5. The van der Waals surface area contributed by atoms with Gasteiger partial charge in [-0.05, 0) is 74.4 Å². The SMILES string of the molecule is CCOc1cc(-c2ccc(Cl)cc2)nc2ccc(NC(=O)Nc3cc(C)cc(C)c3)cc12. The molecule has 1 aromatic heterocycles. The van der Waals surface area contributed by atoms with Crippen molar-refractivity contribution in [1.82, 2.24) is 4.98 Å². The number of ether oxygens (including phenoxy) is 1. The van der Waals surface area contributed by atoms with Crippen LogP contribution >= 0.6 is 11.6 Å². The molecule has 0 bridgehead atoms. The van der Waals surface area contributed by atoms with E-state index >= 15 is 0 Å². The van der Waals surface area contributed by atoms with E-state index in [0.717, 1.165) is 39.0 Å². The van der Waals surface area contributed by atoms with Crippen LogP contribution < -0.4 is 15.4 Å². The number of aryl methyl sites for hydroxylation is 2. The van der Waals surface area contributed by atoms with E-state index in [1.54, 1.807) is 0 Å². The van der Waals surface area contributed by atoms with Crippen LogP contribution in [-0.2, 0) is 0 Å². The Morgan fingerprint density at radius 2 is 1.59 bits per heavy atom. The van der Waals surface area contributed by atoms with Gasteiger partial charge in [0.2, 0.25) is 0 Å². The number of benzene rings is 3. The number of amides is 2. The highest BCUT2D eigenvalue weighted by Gasteiger charge is 2.11. The van der Waals surface area contributed by atoms with E-state index in [0.29, 0.717) is 23.1 Å². The minimum absolute atomic E-state index is 0.307. The number of halogens is 1. The molecule has 162 valence electrons. The molecule has 2 N–H and O–H groups in total. The fraction of sp³-hybridized carbons (Fsp3) is 0.154. The normalized spacial score (nSPS) is 10.8. The van der Waals surface area contributed by atoms with Gasteiger partial charge in [0.05, 0.1) is 17.8 Å². The number of nitrogens with zero attached hydrogens (tertiary/aromatic N) is 1. The van der Waals surface area contributed by atoms with Crippen LogP contribution in [0.3, 0.4) is 0 Å². The topological polar surface area (TPSA) is 63.2 Å². The average Bonchev–Trinajstić information content (AvgIpc) is 2.74. The quantitative estimate of drug-likeness (QED) is 0.341. The molecule has 0 aliphatic heterocycles. The van der Waals surface area contributed by atoms with Gasteiger partial charge in [-0.15, -0.1) is 0 Å². The van der Waals surface area contributed by atoms with Gasteiger partial charge >= 0.3 is 6.03 Å². The lowest BCUT2D eigenvalue weighted by Crippen LogP contribution is -2.19. The van der Waals surface area contributed by atoms with Crippen LogP contribution in [0.15, 0.2) is 66.7 Å². The highest BCUT2D eigenvalue weighted by Crippen LogP contribution is 2.32. The van der Waals surface area contributed by atoms with E-state index in [1.165, 1.54) is 0 Å². The maximum atomic E-state index is 12.5. The number of hydrogen-bond donors (Lipinski definition) is 2. The van der Waals surface area contributed by atoms with E-state index in [9.17, 15) is 4.79 Å². The number of nitrogens with one attached hydrogen (secondary N) is 2. The van der Waals surface area contributed by atoms with E-state index in [-0.39, 0.29) is 6.03 Å². The number of rotatable bonds is 5. The van der Waals surface area contributed by atoms with Gasteiger partial charge in [-0.2, -0.15) is 0 Å². The first-order valence-corrected chi connectivity index (χ1v) is 10.8. The second-order valence-electron chi connectivity index (χ2n) is 7.63. The van der Waals surface area contributed by atoms with Crippen molar-refractivity contribution in [2.75, 3.05) is 17.2 Å². The predicted octanol–water partition coefficient (Wildman–Crippen LogP) is 7.21. The van der Waals surface area contributed by atoms with Crippen molar-refractivity contribution < 1.29 is 9.53 Å². The first kappa shape index (κ1) is 21.7. The number of fused-ring (bicyclic) bond motifs is 1. The summed E-state index contributed by atoms with van der Waals surface area (Å²) in [4.78, 5) is 17.3. The van der Waals surface area contributed by atoms with Crippen molar-refractivity contribution in [3.63, 3.8) is 0 Å². The molecule has 0 aliphatic carbocycles. The Bertz CT molecular complexity index is 1270. The number of carbonyl (C=O) groups excluding carboxylic acids is 1. The van der Waals surface area contributed by atoms with Gasteiger partial charge in [-0.3, -0.25) is 0 Å². The van der Waals surface area contributed by atoms with Gasteiger partial charge in [0.25, 0.3) is 0 Å². The predicted molar refractivity (Wildman–Crippen MR) is 132 cm³/mol. The Kier molecular flexibility index (Phi) is 6.28. The molecule has 0 fully saturated rings. The number of urea groups is 1. The van der Waals surface area contributed by atoms with Crippen LogP contribution in [-0.4, -0.2) is 17.6 Å². The molecule has 0 saturated carbocycles. The van der Waals surface area contributed by atoms with Crippen molar-refractivity contribution in [2.45, 2.75) is 20.8 Å². The monoisotopic (exact) mass is 445 g/mol. The summed E-state index contributed by atoms with van der Waals surface area (Å²) in [7, 11) is 0. The maximum Gasteiger partial charge on any atom is 0.323 e. The number of carbonyl (C=O) groups is 1. The lowest BCUT2D eigenvalue weighted by molar-refractivity contribution is 0.262. The zero-order chi connectivity index (χ0) is 22.7. The molecule has 2 amide bonds. The van der Waals surface area contributed by atoms with E-state index in [2.05, 4.69) is 16.7 Å². The zero-order valence-corrected chi connectivity index (χ0v) is 19.0. The molecular formula is C26H24ClN3O2. The van der Waals surface area contributed by atoms with Gasteiger partial charge in [-0.1, -0.05) is 29.8 Å². The second kappa shape index (κ2) is 9.28. The molecule has 0 spiro atoms. The van der Waals surface area contributed by atoms with Gasteiger partial charge in [0.15, 0.2) is 0 Å². The Hall–Kier alpha value is -3.57. The largest absolute Gasteiger partial charge is 0.493 e. The Morgan fingerprint density at radius 3 is 2.28 bits per heavy atom.